The highest BCUT2D eigenvalue weighted by atomic mass is 16.4. The van der Waals surface area contributed by atoms with Crippen molar-refractivity contribution in [3.8, 4) is 0 Å². The van der Waals surface area contributed by atoms with Crippen LogP contribution in [0, 0.1) is 0 Å². The van der Waals surface area contributed by atoms with Crippen molar-refractivity contribution in [1.82, 2.24) is 9.78 Å². The minimum atomic E-state index is -0.362. The molecule has 0 radical (unpaired) electrons. The predicted molar refractivity (Wildman–Crippen MR) is 35.8 cm³/mol. The first kappa shape index (κ1) is 7.05. The molecule has 0 N–H and O–H groups in total. The molecule has 1 aromatic rings. The fourth-order valence-corrected chi connectivity index (χ4v) is 0.692. The molecular weight excluding hydrogens is 132 g/mol. The second-order valence-electron chi connectivity index (χ2n) is 1.93. The van der Waals surface area contributed by atoms with Crippen molar-refractivity contribution in [1.29, 1.82) is 0 Å². The molecule has 0 unspecified atom stereocenters. The number of rotatable bonds is 2. The van der Waals surface area contributed by atoms with Crippen LogP contribution in [0.25, 0.3) is 0 Å². The van der Waals surface area contributed by atoms with Crippen LogP contribution < -0.4 is 5.76 Å². The van der Waals surface area contributed by atoms with Gasteiger partial charge in [-0.05, 0) is 6.92 Å². The quantitative estimate of drug-likeness (QED) is 0.601. The van der Waals surface area contributed by atoms with Crippen LogP contribution in [0.2, 0.25) is 0 Å². The van der Waals surface area contributed by atoms with Gasteiger partial charge in [-0.2, -0.15) is 4.68 Å². The van der Waals surface area contributed by atoms with Gasteiger partial charge >= 0.3 is 5.76 Å². The average Bonchev–Trinajstić information content (AvgIpc) is 2.30. The maximum Gasteiger partial charge on any atom is 0.437 e. The molecule has 0 fully saturated rings. The molecule has 0 saturated carbocycles. The number of hydrogen-bond acceptors (Lipinski definition) is 3. The van der Waals surface area contributed by atoms with Crippen molar-refractivity contribution in [2.75, 3.05) is 0 Å². The molecule has 1 rings (SSSR count). The number of hydrogen-bond donors (Lipinski definition) is 0. The Balaban J connectivity index is 3.04. The lowest BCUT2D eigenvalue weighted by Crippen LogP contribution is -2.13. The van der Waals surface area contributed by atoms with Crippen LogP contribution in [0.3, 0.4) is 0 Å². The summed E-state index contributed by atoms with van der Waals surface area (Å²) in [5, 5.41) is 3.88. The van der Waals surface area contributed by atoms with Gasteiger partial charge in [0.05, 0.1) is 0 Å². The van der Waals surface area contributed by atoms with Crippen LogP contribution in [0.4, 0.5) is 0 Å². The van der Waals surface area contributed by atoms with E-state index in [4.69, 9.17) is 4.42 Å². The molecule has 10 heavy (non-hydrogen) atoms. The zero-order valence-corrected chi connectivity index (χ0v) is 6.13. The van der Waals surface area contributed by atoms with Crippen LogP contribution in [-0.4, -0.2) is 9.78 Å². The molecule has 0 spiro atoms. The van der Waals surface area contributed by atoms with Crippen LogP contribution >= 0.6 is 0 Å². The molecule has 0 atom stereocenters. The zero-order chi connectivity index (χ0) is 7.56. The summed E-state index contributed by atoms with van der Waals surface area (Å²) in [5.74, 6) is 0.145. The topological polar surface area (TPSA) is 48.0 Å². The molecule has 0 aliphatic carbocycles. The standard InChI is InChI=1S/C6H10N2O2/c1-3-5-7-8(4-2)6(9)10-5/h3-4H2,1-2H3. The van der Waals surface area contributed by atoms with Gasteiger partial charge in [-0.3, -0.25) is 0 Å². The zero-order valence-electron chi connectivity index (χ0n) is 6.13. The summed E-state index contributed by atoms with van der Waals surface area (Å²) >= 11 is 0. The molecular formula is C6H10N2O2. The number of nitrogens with zero attached hydrogens (tertiary/aromatic N) is 2. The first-order valence-corrected chi connectivity index (χ1v) is 3.34. The van der Waals surface area contributed by atoms with E-state index in [0.717, 1.165) is 0 Å². The van der Waals surface area contributed by atoms with Gasteiger partial charge in [0.25, 0.3) is 0 Å². The molecule has 0 saturated heterocycles. The van der Waals surface area contributed by atoms with Crippen molar-refractivity contribution >= 4 is 0 Å². The highest BCUT2D eigenvalue weighted by molar-refractivity contribution is 4.71. The van der Waals surface area contributed by atoms with Crippen molar-refractivity contribution in [2.45, 2.75) is 26.8 Å². The van der Waals surface area contributed by atoms with Crippen molar-refractivity contribution < 1.29 is 4.42 Å². The summed E-state index contributed by atoms with van der Waals surface area (Å²) in [6, 6.07) is 0. The van der Waals surface area contributed by atoms with Crippen LogP contribution in [0.1, 0.15) is 19.7 Å². The van der Waals surface area contributed by atoms with E-state index in [1.807, 2.05) is 13.8 Å². The second kappa shape index (κ2) is 2.68. The Morgan fingerprint density at radius 2 is 2.30 bits per heavy atom. The van der Waals surface area contributed by atoms with E-state index in [2.05, 4.69) is 5.10 Å². The lowest BCUT2D eigenvalue weighted by molar-refractivity contribution is 0.452. The smallest absolute Gasteiger partial charge is 0.392 e. The van der Waals surface area contributed by atoms with E-state index in [1.165, 1.54) is 4.68 Å². The first-order chi connectivity index (χ1) is 4.77. The molecule has 0 bridgehead atoms. The third-order valence-electron chi connectivity index (χ3n) is 1.25. The number of aromatic nitrogens is 2. The molecule has 0 amide bonds. The molecule has 1 heterocycles. The first-order valence-electron chi connectivity index (χ1n) is 3.34. The molecule has 0 aliphatic heterocycles. The average molecular weight is 142 g/mol. The normalized spacial score (nSPS) is 10.2. The van der Waals surface area contributed by atoms with Gasteiger partial charge in [-0.25, -0.2) is 4.79 Å². The summed E-state index contributed by atoms with van der Waals surface area (Å²) < 4.78 is 6.06. The lowest BCUT2D eigenvalue weighted by atomic mass is 10.5. The van der Waals surface area contributed by atoms with E-state index < -0.39 is 0 Å². The molecule has 56 valence electrons. The van der Waals surface area contributed by atoms with E-state index in [9.17, 15) is 4.79 Å². The van der Waals surface area contributed by atoms with E-state index in [-0.39, 0.29) is 5.76 Å². The Hall–Kier alpha value is -1.06. The maximum absolute atomic E-state index is 10.8. The van der Waals surface area contributed by atoms with Crippen LogP contribution in [-0.2, 0) is 13.0 Å². The summed E-state index contributed by atoms with van der Waals surface area (Å²) in [5.41, 5.74) is 0. The minimum Gasteiger partial charge on any atom is -0.392 e. The minimum absolute atomic E-state index is 0.362. The third kappa shape index (κ3) is 1.10. The highest BCUT2D eigenvalue weighted by Gasteiger charge is 2.01. The van der Waals surface area contributed by atoms with E-state index >= 15 is 0 Å². The van der Waals surface area contributed by atoms with Gasteiger partial charge in [-0.1, -0.05) is 6.92 Å². The van der Waals surface area contributed by atoms with Gasteiger partial charge in [0.1, 0.15) is 0 Å². The summed E-state index contributed by atoms with van der Waals surface area (Å²) in [7, 11) is 0. The Morgan fingerprint density at radius 1 is 1.60 bits per heavy atom. The summed E-state index contributed by atoms with van der Waals surface area (Å²) in [4.78, 5) is 10.8. The predicted octanol–water partition coefficient (Wildman–Crippen LogP) is 0.419. The van der Waals surface area contributed by atoms with Gasteiger partial charge in [0.2, 0.25) is 5.89 Å². The Bertz CT molecular complexity index is 261. The Morgan fingerprint density at radius 3 is 2.60 bits per heavy atom. The van der Waals surface area contributed by atoms with E-state index in [1.54, 1.807) is 0 Å². The Labute approximate surface area is 58.5 Å². The monoisotopic (exact) mass is 142 g/mol. The van der Waals surface area contributed by atoms with Crippen LogP contribution in [0.5, 0.6) is 0 Å². The van der Waals surface area contributed by atoms with E-state index in [0.29, 0.717) is 18.9 Å². The molecule has 0 aliphatic rings. The van der Waals surface area contributed by atoms with Gasteiger partial charge in [0.15, 0.2) is 0 Å². The second-order valence-corrected chi connectivity index (χ2v) is 1.93. The number of aryl methyl sites for hydroxylation is 2. The largest absolute Gasteiger partial charge is 0.437 e. The van der Waals surface area contributed by atoms with Crippen molar-refractivity contribution in [2.24, 2.45) is 0 Å². The van der Waals surface area contributed by atoms with Crippen molar-refractivity contribution in [3.63, 3.8) is 0 Å². The molecule has 4 heteroatoms. The SMILES string of the molecule is CCc1nn(CC)c(=O)o1. The van der Waals surface area contributed by atoms with Gasteiger partial charge in [0, 0.05) is 13.0 Å². The van der Waals surface area contributed by atoms with Gasteiger partial charge < -0.3 is 4.42 Å². The van der Waals surface area contributed by atoms with Gasteiger partial charge in [-0.15, -0.1) is 5.10 Å². The lowest BCUT2D eigenvalue weighted by Gasteiger charge is -1.84. The van der Waals surface area contributed by atoms with Crippen molar-refractivity contribution in [3.05, 3.63) is 16.4 Å². The van der Waals surface area contributed by atoms with Crippen LogP contribution in [0.15, 0.2) is 9.21 Å². The fourth-order valence-electron chi connectivity index (χ4n) is 0.692. The fraction of sp³-hybridized carbons (Fsp3) is 0.667. The molecule has 0 aromatic carbocycles. The Kier molecular flexibility index (Phi) is 1.89. The summed E-state index contributed by atoms with van der Waals surface area (Å²) in [6.07, 6.45) is 0.669. The molecule has 1 aromatic heterocycles. The molecule has 4 nitrogen and oxygen atoms in total. The third-order valence-corrected chi connectivity index (χ3v) is 1.25. The highest BCUT2D eigenvalue weighted by Crippen LogP contribution is 1.89. The summed E-state index contributed by atoms with van der Waals surface area (Å²) in [6.45, 7) is 4.32. The maximum atomic E-state index is 10.8.